The second-order valence-electron chi connectivity index (χ2n) is 5.28. The van der Waals surface area contributed by atoms with Crippen molar-refractivity contribution in [2.75, 3.05) is 12.4 Å². The smallest absolute Gasteiger partial charge is 0.237 e. The molecule has 0 aliphatic rings. The van der Waals surface area contributed by atoms with Crippen molar-refractivity contribution in [3.63, 3.8) is 0 Å². The van der Waals surface area contributed by atoms with Gasteiger partial charge in [0.2, 0.25) is 5.91 Å². The predicted octanol–water partition coefficient (Wildman–Crippen LogP) is 4.82. The lowest BCUT2D eigenvalue weighted by atomic mass is 10.3. The Bertz CT molecular complexity index is 980. The maximum absolute atomic E-state index is 12.5. The van der Waals surface area contributed by atoms with Gasteiger partial charge in [0, 0.05) is 11.2 Å². The summed E-state index contributed by atoms with van der Waals surface area (Å²) in [6.07, 6.45) is 1.65. The van der Waals surface area contributed by atoms with E-state index >= 15 is 0 Å². The van der Waals surface area contributed by atoms with Crippen LogP contribution in [-0.4, -0.2) is 32.9 Å². The molecule has 2 aromatic heterocycles. The number of hydrogen-bond acceptors (Lipinski definition) is 5. The van der Waals surface area contributed by atoms with Gasteiger partial charge < -0.3 is 10.1 Å². The number of halogens is 3. The number of carbonyl (C=O) groups excluding carboxylic acids is 1. The maximum Gasteiger partial charge on any atom is 0.237 e. The molecule has 2 heterocycles. The van der Waals surface area contributed by atoms with Crippen molar-refractivity contribution in [3.05, 3.63) is 45.5 Å². The molecule has 0 saturated heterocycles. The first-order valence-corrected chi connectivity index (χ1v) is 9.41. The Morgan fingerprint density at radius 3 is 2.73 bits per heavy atom. The van der Waals surface area contributed by atoms with E-state index in [1.54, 1.807) is 41.8 Å². The third kappa shape index (κ3) is 4.01. The lowest BCUT2D eigenvalue weighted by Gasteiger charge is -2.14. The van der Waals surface area contributed by atoms with Crippen LogP contribution in [0.2, 0.25) is 15.1 Å². The molecule has 3 aromatic rings. The number of fused-ring (bicyclic) bond motifs is 1. The SMILES string of the molecule is COc1ccc(Cl)cc1NC(=O)C(C)Sc1nnc2c(Cl)cc(Cl)cn12. The molecule has 1 amide bonds. The van der Waals surface area contributed by atoms with Crippen molar-refractivity contribution in [1.82, 2.24) is 14.6 Å². The molecule has 0 radical (unpaired) electrons. The van der Waals surface area contributed by atoms with Crippen molar-refractivity contribution < 1.29 is 9.53 Å². The standard InChI is InChI=1S/C16H13Cl3N4O2S/c1-8(15(24)20-12-6-9(17)3-4-13(12)25-2)26-16-22-21-14-11(19)5-10(18)7-23(14)16/h3-8H,1-2H3,(H,20,24). The predicted molar refractivity (Wildman–Crippen MR) is 105 cm³/mol. The van der Waals surface area contributed by atoms with Crippen molar-refractivity contribution >= 4 is 63.8 Å². The highest BCUT2D eigenvalue weighted by Gasteiger charge is 2.20. The van der Waals surface area contributed by atoms with Crippen molar-refractivity contribution in [2.45, 2.75) is 17.3 Å². The van der Waals surface area contributed by atoms with Crippen molar-refractivity contribution in [1.29, 1.82) is 0 Å². The van der Waals surface area contributed by atoms with Crippen LogP contribution in [0, 0.1) is 0 Å². The number of nitrogens with zero attached hydrogens (tertiary/aromatic N) is 3. The van der Waals surface area contributed by atoms with Gasteiger partial charge in [-0.25, -0.2) is 0 Å². The van der Waals surface area contributed by atoms with Gasteiger partial charge in [-0.15, -0.1) is 10.2 Å². The Morgan fingerprint density at radius 2 is 2.00 bits per heavy atom. The summed E-state index contributed by atoms with van der Waals surface area (Å²) < 4.78 is 6.89. The zero-order valence-corrected chi connectivity index (χ0v) is 16.7. The summed E-state index contributed by atoms with van der Waals surface area (Å²) >= 11 is 19.4. The Hall–Kier alpha value is -1.67. The molecule has 0 bridgehead atoms. The van der Waals surface area contributed by atoms with Crippen molar-refractivity contribution in [3.8, 4) is 5.75 Å². The number of amides is 1. The van der Waals surface area contributed by atoms with E-state index in [1.165, 1.54) is 18.9 Å². The highest BCUT2D eigenvalue weighted by molar-refractivity contribution is 8.00. The van der Waals surface area contributed by atoms with Gasteiger partial charge in [0.25, 0.3) is 0 Å². The maximum atomic E-state index is 12.5. The van der Waals surface area contributed by atoms with E-state index in [2.05, 4.69) is 15.5 Å². The number of carbonyl (C=O) groups is 1. The number of hydrogen-bond donors (Lipinski definition) is 1. The number of pyridine rings is 1. The summed E-state index contributed by atoms with van der Waals surface area (Å²) in [5.74, 6) is 0.284. The summed E-state index contributed by atoms with van der Waals surface area (Å²) in [5.41, 5.74) is 0.970. The number of nitrogens with one attached hydrogen (secondary N) is 1. The van der Waals surface area contributed by atoms with Crippen LogP contribution in [-0.2, 0) is 4.79 Å². The molecule has 0 aliphatic carbocycles. The second-order valence-corrected chi connectivity index (χ2v) is 7.86. The van der Waals surface area contributed by atoms with Gasteiger partial charge in [-0.05, 0) is 31.2 Å². The molecule has 10 heteroatoms. The number of aromatic nitrogens is 3. The molecule has 136 valence electrons. The summed E-state index contributed by atoms with van der Waals surface area (Å²) in [4.78, 5) is 12.5. The molecule has 6 nitrogen and oxygen atoms in total. The number of benzene rings is 1. The van der Waals surface area contributed by atoms with E-state index in [0.717, 1.165) is 0 Å². The molecule has 0 aliphatic heterocycles. The van der Waals surface area contributed by atoms with E-state index < -0.39 is 5.25 Å². The quantitative estimate of drug-likeness (QED) is 0.587. The molecule has 0 spiro atoms. The number of methoxy groups -OCH3 is 1. The monoisotopic (exact) mass is 430 g/mol. The van der Waals surface area contributed by atoms with E-state index in [1.807, 2.05) is 0 Å². The average molecular weight is 432 g/mol. The summed E-state index contributed by atoms with van der Waals surface area (Å²) in [6, 6.07) is 6.58. The van der Waals surface area contributed by atoms with E-state index in [4.69, 9.17) is 39.5 Å². The highest BCUT2D eigenvalue weighted by atomic mass is 35.5. The molecular weight excluding hydrogens is 419 g/mol. The Morgan fingerprint density at radius 1 is 1.23 bits per heavy atom. The van der Waals surface area contributed by atoms with Crippen LogP contribution in [0.1, 0.15) is 6.92 Å². The Balaban J connectivity index is 1.79. The fourth-order valence-electron chi connectivity index (χ4n) is 2.21. The van der Waals surface area contributed by atoms with Crippen LogP contribution >= 0.6 is 46.6 Å². The van der Waals surface area contributed by atoms with Crippen molar-refractivity contribution in [2.24, 2.45) is 0 Å². The third-order valence-electron chi connectivity index (χ3n) is 3.47. The van der Waals surface area contributed by atoms with Gasteiger partial charge in [-0.3, -0.25) is 9.20 Å². The first-order valence-electron chi connectivity index (χ1n) is 7.40. The largest absolute Gasteiger partial charge is 0.495 e. The van der Waals surface area contributed by atoms with Gasteiger partial charge in [0.05, 0.1) is 28.1 Å². The zero-order chi connectivity index (χ0) is 18.8. The summed E-state index contributed by atoms with van der Waals surface area (Å²) in [7, 11) is 1.52. The van der Waals surface area contributed by atoms with Gasteiger partial charge >= 0.3 is 0 Å². The van der Waals surface area contributed by atoms with E-state index in [0.29, 0.717) is 37.3 Å². The minimum absolute atomic E-state index is 0.236. The van der Waals surface area contributed by atoms with Crippen LogP contribution < -0.4 is 10.1 Å². The topological polar surface area (TPSA) is 68.5 Å². The zero-order valence-electron chi connectivity index (χ0n) is 13.7. The molecular formula is C16H13Cl3N4O2S. The number of anilines is 1. The van der Waals surface area contributed by atoms with Crippen LogP contribution in [0.4, 0.5) is 5.69 Å². The molecule has 1 unspecified atom stereocenters. The minimum atomic E-state index is -0.469. The van der Waals surface area contributed by atoms with Crippen LogP contribution in [0.25, 0.3) is 5.65 Å². The molecule has 0 fully saturated rings. The molecule has 1 atom stereocenters. The molecule has 3 rings (SSSR count). The van der Waals surface area contributed by atoms with E-state index in [-0.39, 0.29) is 5.91 Å². The fourth-order valence-corrected chi connectivity index (χ4v) is 3.71. The molecule has 26 heavy (non-hydrogen) atoms. The van der Waals surface area contributed by atoms with Gasteiger partial charge in [0.15, 0.2) is 10.8 Å². The van der Waals surface area contributed by atoms with Gasteiger partial charge in [-0.1, -0.05) is 46.6 Å². The minimum Gasteiger partial charge on any atom is -0.495 e. The third-order valence-corrected chi connectivity index (χ3v) is 5.24. The van der Waals surface area contributed by atoms with Gasteiger partial charge in [0.1, 0.15) is 5.75 Å². The lowest BCUT2D eigenvalue weighted by molar-refractivity contribution is -0.115. The Labute approximate surface area is 168 Å². The fraction of sp³-hybridized carbons (Fsp3) is 0.188. The molecule has 1 N–H and O–H groups in total. The summed E-state index contributed by atoms with van der Waals surface area (Å²) in [6.45, 7) is 1.75. The second kappa shape index (κ2) is 7.92. The lowest BCUT2D eigenvalue weighted by Crippen LogP contribution is -2.23. The Kier molecular flexibility index (Phi) is 5.82. The summed E-state index contributed by atoms with van der Waals surface area (Å²) in [5, 5.41) is 12.3. The number of rotatable bonds is 5. The van der Waals surface area contributed by atoms with Crippen LogP contribution in [0.15, 0.2) is 35.6 Å². The first-order chi connectivity index (χ1) is 12.4. The number of thioether (sulfide) groups is 1. The highest BCUT2D eigenvalue weighted by Crippen LogP contribution is 2.30. The number of ether oxygens (including phenoxy) is 1. The normalized spacial score (nSPS) is 12.2. The molecule has 0 saturated carbocycles. The van der Waals surface area contributed by atoms with Gasteiger partial charge in [-0.2, -0.15) is 0 Å². The first kappa shape index (κ1) is 19.1. The van der Waals surface area contributed by atoms with Crippen LogP contribution in [0.3, 0.4) is 0 Å². The molecule has 1 aromatic carbocycles. The van der Waals surface area contributed by atoms with Crippen LogP contribution in [0.5, 0.6) is 5.75 Å². The van der Waals surface area contributed by atoms with E-state index in [9.17, 15) is 4.79 Å². The average Bonchev–Trinajstić information content (AvgIpc) is 2.98.